The summed E-state index contributed by atoms with van der Waals surface area (Å²) in [6.07, 6.45) is 7.70. The second-order valence-electron chi connectivity index (χ2n) is 5.71. The van der Waals surface area contributed by atoms with Crippen LogP contribution in [-0.4, -0.2) is 38.8 Å². The predicted octanol–water partition coefficient (Wildman–Crippen LogP) is 2.53. The Morgan fingerprint density at radius 1 is 1.37 bits per heavy atom. The molecule has 2 aliphatic rings. The molecule has 5 heteroatoms. The topological polar surface area (TPSA) is 45.7 Å². The number of aliphatic imine (C=N–C) groups is 1. The second-order valence-corrected chi connectivity index (χ2v) is 5.71. The van der Waals surface area contributed by atoms with Gasteiger partial charge in [-0.25, -0.2) is 0 Å². The van der Waals surface area contributed by atoms with Crippen LogP contribution in [0.15, 0.2) is 4.99 Å². The Kier molecular flexibility index (Phi) is 7.42. The van der Waals surface area contributed by atoms with E-state index in [2.05, 4.69) is 17.6 Å². The van der Waals surface area contributed by atoms with Crippen molar-refractivity contribution in [2.24, 2.45) is 10.4 Å². The lowest BCUT2D eigenvalue weighted by molar-refractivity contribution is 0.0778. The summed E-state index contributed by atoms with van der Waals surface area (Å²) in [5, 5.41) is 6.81. The van der Waals surface area contributed by atoms with E-state index in [0.29, 0.717) is 11.5 Å². The van der Waals surface area contributed by atoms with Gasteiger partial charge in [-0.1, -0.05) is 6.42 Å². The zero-order valence-corrected chi connectivity index (χ0v) is 14.5. The van der Waals surface area contributed by atoms with Gasteiger partial charge in [-0.05, 0) is 44.4 Å². The summed E-state index contributed by atoms with van der Waals surface area (Å²) in [6.45, 7) is 4.86. The molecule has 0 aliphatic heterocycles. The van der Waals surface area contributed by atoms with Crippen LogP contribution >= 0.6 is 24.0 Å². The molecule has 0 aromatic heterocycles. The molecule has 2 saturated carbocycles. The fourth-order valence-corrected chi connectivity index (χ4v) is 2.47. The van der Waals surface area contributed by atoms with E-state index >= 15 is 0 Å². The highest BCUT2D eigenvalue weighted by atomic mass is 127. The molecule has 0 radical (unpaired) electrons. The van der Waals surface area contributed by atoms with Crippen LogP contribution in [0.4, 0.5) is 0 Å². The van der Waals surface area contributed by atoms with Crippen molar-refractivity contribution in [3.8, 4) is 0 Å². The number of guanidine groups is 1. The van der Waals surface area contributed by atoms with Gasteiger partial charge in [0.1, 0.15) is 0 Å². The van der Waals surface area contributed by atoms with Crippen molar-refractivity contribution < 1.29 is 4.74 Å². The van der Waals surface area contributed by atoms with Crippen LogP contribution in [0.2, 0.25) is 0 Å². The third kappa shape index (κ3) is 5.45. The lowest BCUT2D eigenvalue weighted by Crippen LogP contribution is -2.41. The summed E-state index contributed by atoms with van der Waals surface area (Å²) < 4.78 is 5.22. The van der Waals surface area contributed by atoms with Gasteiger partial charge in [0.05, 0.1) is 0 Å². The molecular formula is C14H28IN3O. The summed E-state index contributed by atoms with van der Waals surface area (Å²) in [5.74, 6) is 1.00. The fraction of sp³-hybridized carbons (Fsp3) is 0.929. The molecule has 112 valence electrons. The Hall–Kier alpha value is -0.0400. The van der Waals surface area contributed by atoms with Crippen molar-refractivity contribution in [2.75, 3.05) is 26.8 Å². The molecular weight excluding hydrogens is 353 g/mol. The minimum atomic E-state index is 0. The Balaban J connectivity index is 0.00000180. The summed E-state index contributed by atoms with van der Waals surface area (Å²) in [5.41, 5.74) is 0.419. The van der Waals surface area contributed by atoms with E-state index in [-0.39, 0.29) is 24.0 Å². The van der Waals surface area contributed by atoms with Gasteiger partial charge >= 0.3 is 0 Å². The molecule has 0 amide bonds. The Labute approximate surface area is 134 Å². The number of hydrogen-bond donors (Lipinski definition) is 2. The molecule has 0 aromatic carbocycles. The molecule has 2 fully saturated rings. The van der Waals surface area contributed by atoms with Gasteiger partial charge < -0.3 is 15.4 Å². The number of nitrogens with zero attached hydrogens (tertiary/aromatic N) is 1. The molecule has 2 N–H and O–H groups in total. The van der Waals surface area contributed by atoms with Crippen LogP contribution in [0, 0.1) is 5.41 Å². The highest BCUT2D eigenvalue weighted by Gasteiger charge is 2.36. The third-order valence-corrected chi connectivity index (χ3v) is 4.09. The first kappa shape index (κ1) is 17.0. The molecule has 0 aromatic rings. The molecule has 0 bridgehead atoms. The second kappa shape index (κ2) is 8.29. The van der Waals surface area contributed by atoms with Gasteiger partial charge in [0.25, 0.3) is 0 Å². The van der Waals surface area contributed by atoms with Crippen LogP contribution in [0.25, 0.3) is 0 Å². The van der Waals surface area contributed by atoms with Crippen molar-refractivity contribution in [3.05, 3.63) is 0 Å². The average Bonchev–Trinajstić information content (AvgIpc) is 3.11. The highest BCUT2D eigenvalue weighted by Crippen LogP contribution is 2.44. The van der Waals surface area contributed by atoms with E-state index < -0.39 is 0 Å². The molecule has 0 spiro atoms. The Bertz CT molecular complexity index is 288. The maximum atomic E-state index is 5.22. The predicted molar refractivity (Wildman–Crippen MR) is 90.3 cm³/mol. The van der Waals surface area contributed by atoms with Crippen molar-refractivity contribution in [3.63, 3.8) is 0 Å². The fourth-order valence-electron chi connectivity index (χ4n) is 2.47. The first-order chi connectivity index (χ1) is 8.78. The first-order valence-corrected chi connectivity index (χ1v) is 7.32. The maximum Gasteiger partial charge on any atom is 0.191 e. The molecule has 2 aliphatic carbocycles. The number of nitrogens with one attached hydrogen (secondary N) is 2. The summed E-state index contributed by atoms with van der Waals surface area (Å²) in [4.78, 5) is 4.78. The Morgan fingerprint density at radius 2 is 2.11 bits per heavy atom. The van der Waals surface area contributed by atoms with E-state index in [1.807, 2.05) is 0 Å². The smallest absolute Gasteiger partial charge is 0.191 e. The number of hydrogen-bond acceptors (Lipinski definition) is 2. The SMILES string of the molecule is CCNC(=NCC1(CCOC)CCC1)NC1CC1.I. The third-order valence-electron chi connectivity index (χ3n) is 4.09. The minimum Gasteiger partial charge on any atom is -0.385 e. The van der Waals surface area contributed by atoms with Gasteiger partial charge in [0.2, 0.25) is 0 Å². The lowest BCUT2D eigenvalue weighted by atomic mass is 9.67. The zero-order valence-electron chi connectivity index (χ0n) is 12.2. The normalized spacial score (nSPS) is 21.3. The molecule has 0 unspecified atom stereocenters. The first-order valence-electron chi connectivity index (χ1n) is 7.32. The van der Waals surface area contributed by atoms with Crippen molar-refractivity contribution >= 4 is 29.9 Å². The highest BCUT2D eigenvalue weighted by molar-refractivity contribution is 14.0. The molecule has 2 rings (SSSR count). The van der Waals surface area contributed by atoms with E-state index in [9.17, 15) is 0 Å². The lowest BCUT2D eigenvalue weighted by Gasteiger charge is -2.40. The average molecular weight is 381 g/mol. The zero-order chi connectivity index (χ0) is 12.8. The van der Waals surface area contributed by atoms with E-state index in [4.69, 9.17) is 9.73 Å². The largest absolute Gasteiger partial charge is 0.385 e. The molecule has 19 heavy (non-hydrogen) atoms. The van der Waals surface area contributed by atoms with Gasteiger partial charge in [-0.15, -0.1) is 24.0 Å². The minimum absolute atomic E-state index is 0. The maximum absolute atomic E-state index is 5.22. The summed E-state index contributed by atoms with van der Waals surface area (Å²) in [7, 11) is 1.79. The number of rotatable bonds is 7. The van der Waals surface area contributed by atoms with Crippen LogP contribution in [0.1, 0.15) is 45.4 Å². The van der Waals surface area contributed by atoms with Crippen molar-refractivity contribution in [2.45, 2.75) is 51.5 Å². The standard InChI is InChI=1S/C14H27N3O.HI/c1-3-15-13(17-12-5-6-12)16-11-14(7-4-8-14)9-10-18-2;/h12H,3-11H2,1-2H3,(H2,15,16,17);1H. The van der Waals surface area contributed by atoms with Crippen LogP contribution in [0.5, 0.6) is 0 Å². The molecule has 0 saturated heterocycles. The molecule has 4 nitrogen and oxygen atoms in total. The molecule has 0 heterocycles. The monoisotopic (exact) mass is 381 g/mol. The van der Waals surface area contributed by atoms with E-state index in [0.717, 1.165) is 32.1 Å². The molecule has 0 atom stereocenters. The van der Waals surface area contributed by atoms with Crippen molar-refractivity contribution in [1.82, 2.24) is 10.6 Å². The van der Waals surface area contributed by atoms with Gasteiger partial charge in [0.15, 0.2) is 5.96 Å². The van der Waals surface area contributed by atoms with Crippen molar-refractivity contribution in [1.29, 1.82) is 0 Å². The van der Waals surface area contributed by atoms with Gasteiger partial charge in [-0.3, -0.25) is 4.99 Å². The van der Waals surface area contributed by atoms with Crippen LogP contribution < -0.4 is 10.6 Å². The van der Waals surface area contributed by atoms with Gasteiger partial charge in [-0.2, -0.15) is 0 Å². The Morgan fingerprint density at radius 3 is 2.58 bits per heavy atom. The summed E-state index contributed by atoms with van der Waals surface area (Å²) in [6, 6.07) is 0.666. The van der Waals surface area contributed by atoms with Crippen LogP contribution in [0.3, 0.4) is 0 Å². The number of halogens is 1. The van der Waals surface area contributed by atoms with Gasteiger partial charge in [0, 0.05) is 32.8 Å². The van der Waals surface area contributed by atoms with Crippen LogP contribution in [-0.2, 0) is 4.74 Å². The quantitative estimate of drug-likeness (QED) is 0.405. The number of methoxy groups -OCH3 is 1. The number of ether oxygens (including phenoxy) is 1. The van der Waals surface area contributed by atoms with E-state index in [1.54, 1.807) is 7.11 Å². The van der Waals surface area contributed by atoms with E-state index in [1.165, 1.54) is 32.1 Å². The summed E-state index contributed by atoms with van der Waals surface area (Å²) >= 11 is 0.